The van der Waals surface area contributed by atoms with Gasteiger partial charge in [-0.25, -0.2) is 4.79 Å². The van der Waals surface area contributed by atoms with Gasteiger partial charge < -0.3 is 19.5 Å². The molecule has 1 saturated carbocycles. The van der Waals surface area contributed by atoms with Gasteiger partial charge in [0.05, 0.1) is 13.7 Å². The van der Waals surface area contributed by atoms with E-state index in [1.54, 1.807) is 32.2 Å². The van der Waals surface area contributed by atoms with Crippen LogP contribution in [0.3, 0.4) is 0 Å². The molecule has 0 saturated heterocycles. The third-order valence-electron chi connectivity index (χ3n) is 4.17. The molecule has 1 aromatic carbocycles. The van der Waals surface area contributed by atoms with Crippen LogP contribution >= 0.6 is 0 Å². The molecule has 126 valence electrons. The van der Waals surface area contributed by atoms with Crippen molar-refractivity contribution >= 4 is 17.6 Å². The highest BCUT2D eigenvalue weighted by atomic mass is 16.5. The van der Waals surface area contributed by atoms with Gasteiger partial charge in [0.2, 0.25) is 0 Å². The first kappa shape index (κ1) is 17.3. The molecule has 23 heavy (non-hydrogen) atoms. The zero-order chi connectivity index (χ0) is 16.9. The molecule has 0 bridgehead atoms. The van der Waals surface area contributed by atoms with E-state index < -0.39 is 11.6 Å². The van der Waals surface area contributed by atoms with Gasteiger partial charge in [-0.05, 0) is 50.8 Å². The molecule has 6 nitrogen and oxygen atoms in total. The van der Waals surface area contributed by atoms with Crippen LogP contribution in [0.5, 0.6) is 5.75 Å². The fourth-order valence-corrected chi connectivity index (χ4v) is 2.87. The average Bonchev–Trinajstić information content (AvgIpc) is 3.05. The second kappa shape index (κ2) is 7.46. The summed E-state index contributed by atoms with van der Waals surface area (Å²) in [6.45, 7) is 2.00. The monoisotopic (exact) mass is 321 g/mol. The summed E-state index contributed by atoms with van der Waals surface area (Å²) >= 11 is 0. The van der Waals surface area contributed by atoms with Crippen LogP contribution in [0.1, 0.15) is 43.0 Å². The Morgan fingerprint density at radius 3 is 2.48 bits per heavy atom. The number of hydrogen-bond donors (Lipinski definition) is 1. The first-order valence-electron chi connectivity index (χ1n) is 7.78. The van der Waals surface area contributed by atoms with Crippen molar-refractivity contribution in [2.75, 3.05) is 26.1 Å². The normalized spacial score (nSPS) is 16.0. The number of amides is 1. The average molecular weight is 321 g/mol. The first-order valence-corrected chi connectivity index (χ1v) is 7.78. The Hall–Kier alpha value is -2.08. The third-order valence-corrected chi connectivity index (χ3v) is 4.17. The Morgan fingerprint density at radius 2 is 1.91 bits per heavy atom. The molecule has 6 heteroatoms. The molecular formula is C17H23NO5. The lowest BCUT2D eigenvalue weighted by Crippen LogP contribution is -2.42. The highest BCUT2D eigenvalue weighted by Gasteiger charge is 2.41. The maximum atomic E-state index is 12.5. The van der Waals surface area contributed by atoms with E-state index in [-0.39, 0.29) is 18.1 Å². The fraction of sp³-hybridized carbons (Fsp3) is 0.529. The van der Waals surface area contributed by atoms with Crippen LogP contribution < -0.4 is 10.1 Å². The largest absolute Gasteiger partial charge is 0.496 e. The highest BCUT2D eigenvalue weighted by molar-refractivity contribution is 5.99. The number of hydrogen-bond acceptors (Lipinski definition) is 5. The molecule has 1 amide bonds. The van der Waals surface area contributed by atoms with E-state index >= 15 is 0 Å². The van der Waals surface area contributed by atoms with Gasteiger partial charge in [0, 0.05) is 12.8 Å². The van der Waals surface area contributed by atoms with Crippen LogP contribution in [0.15, 0.2) is 18.2 Å². The Labute approximate surface area is 136 Å². The molecule has 1 aromatic rings. The molecule has 1 fully saturated rings. The van der Waals surface area contributed by atoms with Crippen LogP contribution in [0, 0.1) is 0 Å². The maximum Gasteiger partial charge on any atom is 0.341 e. The minimum absolute atomic E-state index is 0.183. The summed E-state index contributed by atoms with van der Waals surface area (Å²) in [5, 5.41) is 2.84. The van der Waals surface area contributed by atoms with Crippen molar-refractivity contribution in [3.8, 4) is 5.75 Å². The molecular weight excluding hydrogens is 298 g/mol. The maximum absolute atomic E-state index is 12.5. The summed E-state index contributed by atoms with van der Waals surface area (Å²) in [6.07, 6.45) is 3.35. The van der Waals surface area contributed by atoms with Crippen molar-refractivity contribution in [2.45, 2.75) is 38.2 Å². The van der Waals surface area contributed by atoms with E-state index in [2.05, 4.69) is 5.32 Å². The van der Waals surface area contributed by atoms with Gasteiger partial charge in [-0.3, -0.25) is 4.79 Å². The number of esters is 1. The summed E-state index contributed by atoms with van der Waals surface area (Å²) < 4.78 is 15.7. The van der Waals surface area contributed by atoms with Crippen molar-refractivity contribution in [3.05, 3.63) is 23.8 Å². The molecule has 1 N–H and O–H groups in total. The van der Waals surface area contributed by atoms with Gasteiger partial charge in [-0.15, -0.1) is 0 Å². The van der Waals surface area contributed by atoms with Crippen molar-refractivity contribution in [1.29, 1.82) is 0 Å². The summed E-state index contributed by atoms with van der Waals surface area (Å²) in [7, 11) is 3.04. The smallest absolute Gasteiger partial charge is 0.341 e. The summed E-state index contributed by atoms with van der Waals surface area (Å²) in [6, 6.07) is 4.89. The van der Waals surface area contributed by atoms with E-state index in [0.29, 0.717) is 24.3 Å². The van der Waals surface area contributed by atoms with E-state index in [4.69, 9.17) is 14.2 Å². The molecule has 0 heterocycles. The van der Waals surface area contributed by atoms with Crippen molar-refractivity contribution in [1.82, 2.24) is 0 Å². The standard InChI is InChI=1S/C17H23NO5/c1-4-23-15(19)13-11-12(7-8-14(13)21-2)18-16(20)17(22-3)9-5-6-10-17/h7-8,11H,4-6,9-10H2,1-3H3,(H,18,20). The van der Waals surface area contributed by atoms with Gasteiger partial charge in [0.15, 0.2) is 0 Å². The minimum atomic E-state index is -0.774. The number of anilines is 1. The third kappa shape index (κ3) is 3.64. The lowest BCUT2D eigenvalue weighted by molar-refractivity contribution is -0.137. The van der Waals surface area contributed by atoms with Gasteiger partial charge in [-0.2, -0.15) is 0 Å². The second-order valence-corrected chi connectivity index (χ2v) is 5.50. The SMILES string of the molecule is CCOC(=O)c1cc(NC(=O)C2(OC)CCCC2)ccc1OC. The molecule has 2 rings (SSSR count). The Bertz CT molecular complexity index is 578. The molecule has 1 aliphatic carbocycles. The lowest BCUT2D eigenvalue weighted by atomic mass is 10.0. The van der Waals surface area contributed by atoms with Crippen molar-refractivity contribution in [3.63, 3.8) is 0 Å². The zero-order valence-electron chi connectivity index (χ0n) is 13.8. The van der Waals surface area contributed by atoms with E-state index in [0.717, 1.165) is 12.8 Å². The van der Waals surface area contributed by atoms with Crippen LogP contribution in [0.2, 0.25) is 0 Å². The van der Waals surface area contributed by atoms with Gasteiger partial charge in [0.25, 0.3) is 5.91 Å². The van der Waals surface area contributed by atoms with E-state index in [9.17, 15) is 9.59 Å². The Morgan fingerprint density at radius 1 is 1.22 bits per heavy atom. The second-order valence-electron chi connectivity index (χ2n) is 5.50. The van der Waals surface area contributed by atoms with Crippen molar-refractivity contribution in [2.24, 2.45) is 0 Å². The molecule has 1 aliphatic rings. The van der Waals surface area contributed by atoms with Crippen molar-refractivity contribution < 1.29 is 23.8 Å². The predicted molar refractivity (Wildman–Crippen MR) is 85.8 cm³/mol. The van der Waals surface area contributed by atoms with E-state index in [1.807, 2.05) is 0 Å². The Balaban J connectivity index is 2.21. The number of methoxy groups -OCH3 is 2. The molecule has 0 unspecified atom stereocenters. The van der Waals surface area contributed by atoms with Crippen LogP contribution in [-0.4, -0.2) is 38.3 Å². The number of rotatable bonds is 6. The van der Waals surface area contributed by atoms with Crippen LogP contribution in [0.25, 0.3) is 0 Å². The fourth-order valence-electron chi connectivity index (χ4n) is 2.87. The number of benzene rings is 1. The number of nitrogens with one attached hydrogen (secondary N) is 1. The quantitative estimate of drug-likeness (QED) is 0.816. The Kier molecular flexibility index (Phi) is 5.60. The molecule has 0 radical (unpaired) electrons. The molecule has 0 aromatic heterocycles. The highest BCUT2D eigenvalue weighted by Crippen LogP contribution is 2.34. The number of carbonyl (C=O) groups excluding carboxylic acids is 2. The predicted octanol–water partition coefficient (Wildman–Crippen LogP) is 2.77. The van der Waals surface area contributed by atoms with Gasteiger partial charge in [0.1, 0.15) is 16.9 Å². The van der Waals surface area contributed by atoms with Gasteiger partial charge >= 0.3 is 5.97 Å². The number of carbonyl (C=O) groups is 2. The molecule has 0 atom stereocenters. The zero-order valence-corrected chi connectivity index (χ0v) is 13.8. The first-order chi connectivity index (χ1) is 11.1. The molecule has 0 spiro atoms. The summed E-state index contributed by atoms with van der Waals surface area (Å²) in [5.74, 6) is -0.260. The van der Waals surface area contributed by atoms with Crippen LogP contribution in [0.4, 0.5) is 5.69 Å². The minimum Gasteiger partial charge on any atom is -0.496 e. The topological polar surface area (TPSA) is 73.9 Å². The molecule has 0 aliphatic heterocycles. The van der Waals surface area contributed by atoms with Gasteiger partial charge in [-0.1, -0.05) is 0 Å². The number of ether oxygens (including phenoxy) is 3. The van der Waals surface area contributed by atoms with Crippen LogP contribution in [-0.2, 0) is 14.3 Å². The summed E-state index contributed by atoms with van der Waals surface area (Å²) in [5.41, 5.74) is 0.0246. The summed E-state index contributed by atoms with van der Waals surface area (Å²) in [4.78, 5) is 24.5. The van der Waals surface area contributed by atoms with E-state index in [1.165, 1.54) is 7.11 Å². The lowest BCUT2D eigenvalue weighted by Gasteiger charge is -2.26.